The number of aryl methyl sites for hydroxylation is 1. The molecular formula is C12H15N3O. The second kappa shape index (κ2) is 5.70. The summed E-state index contributed by atoms with van der Waals surface area (Å²) in [5, 5.41) is 3.89. The fourth-order valence-electron chi connectivity index (χ4n) is 1.32. The van der Waals surface area contributed by atoms with E-state index in [1.807, 2.05) is 31.2 Å². The van der Waals surface area contributed by atoms with E-state index in [9.17, 15) is 0 Å². The fraction of sp³-hybridized carbons (Fsp3) is 0.167. The SMILES string of the molecule is C=CN=C(N)C(=NOC)c1ccccc1C. The predicted molar refractivity (Wildman–Crippen MR) is 66.5 cm³/mol. The third kappa shape index (κ3) is 2.70. The first kappa shape index (κ1) is 12.0. The lowest BCUT2D eigenvalue weighted by molar-refractivity contribution is 0.214. The van der Waals surface area contributed by atoms with Gasteiger partial charge in [0, 0.05) is 11.8 Å². The monoisotopic (exact) mass is 217 g/mol. The van der Waals surface area contributed by atoms with Crippen LogP contribution in [0.25, 0.3) is 0 Å². The van der Waals surface area contributed by atoms with Crippen molar-refractivity contribution in [2.45, 2.75) is 6.92 Å². The van der Waals surface area contributed by atoms with Crippen LogP contribution in [0.15, 0.2) is 47.2 Å². The summed E-state index contributed by atoms with van der Waals surface area (Å²) in [7, 11) is 1.47. The number of nitrogens with two attached hydrogens (primary N) is 1. The molecule has 0 aliphatic heterocycles. The molecule has 1 aromatic carbocycles. The highest BCUT2D eigenvalue weighted by Crippen LogP contribution is 2.09. The molecule has 0 heterocycles. The summed E-state index contributed by atoms with van der Waals surface area (Å²) in [5.41, 5.74) is 8.25. The van der Waals surface area contributed by atoms with Crippen LogP contribution in [0.5, 0.6) is 0 Å². The third-order valence-electron chi connectivity index (χ3n) is 2.06. The van der Waals surface area contributed by atoms with Crippen molar-refractivity contribution in [1.29, 1.82) is 0 Å². The normalized spacial score (nSPS) is 12.4. The van der Waals surface area contributed by atoms with Gasteiger partial charge in [-0.25, -0.2) is 4.99 Å². The molecule has 16 heavy (non-hydrogen) atoms. The first-order valence-electron chi connectivity index (χ1n) is 4.82. The number of nitrogens with zero attached hydrogens (tertiary/aromatic N) is 2. The van der Waals surface area contributed by atoms with Gasteiger partial charge in [0.2, 0.25) is 0 Å². The highest BCUT2D eigenvalue weighted by atomic mass is 16.6. The van der Waals surface area contributed by atoms with E-state index in [2.05, 4.69) is 16.7 Å². The van der Waals surface area contributed by atoms with Gasteiger partial charge in [-0.05, 0) is 12.5 Å². The summed E-state index contributed by atoms with van der Waals surface area (Å²) >= 11 is 0. The number of rotatable bonds is 4. The molecule has 1 rings (SSSR count). The zero-order chi connectivity index (χ0) is 12.0. The smallest absolute Gasteiger partial charge is 0.153 e. The average Bonchev–Trinajstić information content (AvgIpc) is 2.27. The Hall–Kier alpha value is -2.10. The molecule has 0 saturated heterocycles. The minimum Gasteiger partial charge on any atom is -0.399 e. The van der Waals surface area contributed by atoms with Crippen molar-refractivity contribution in [2.75, 3.05) is 7.11 Å². The molecule has 84 valence electrons. The molecule has 1 aromatic rings. The van der Waals surface area contributed by atoms with Crippen LogP contribution < -0.4 is 5.73 Å². The minimum atomic E-state index is 0.283. The van der Waals surface area contributed by atoms with Gasteiger partial charge in [-0.3, -0.25) is 0 Å². The number of amidine groups is 1. The van der Waals surface area contributed by atoms with Crippen molar-refractivity contribution in [3.05, 3.63) is 48.2 Å². The Morgan fingerprint density at radius 1 is 1.44 bits per heavy atom. The van der Waals surface area contributed by atoms with Gasteiger partial charge in [0.1, 0.15) is 7.11 Å². The molecule has 0 aromatic heterocycles. The predicted octanol–water partition coefficient (Wildman–Crippen LogP) is 1.85. The standard InChI is InChI=1S/C12H15N3O/c1-4-14-12(13)11(15-16-3)10-8-6-5-7-9(10)2/h4-8H,1H2,2-3H3,(H2,13,14). The lowest BCUT2D eigenvalue weighted by Gasteiger charge is -2.07. The van der Waals surface area contributed by atoms with Gasteiger partial charge < -0.3 is 10.6 Å². The van der Waals surface area contributed by atoms with Gasteiger partial charge in [-0.15, -0.1) is 0 Å². The largest absolute Gasteiger partial charge is 0.399 e. The summed E-state index contributed by atoms with van der Waals surface area (Å²) in [6.07, 6.45) is 1.37. The topological polar surface area (TPSA) is 60.0 Å². The van der Waals surface area contributed by atoms with Crippen LogP contribution >= 0.6 is 0 Å². The molecule has 0 saturated carbocycles. The van der Waals surface area contributed by atoms with E-state index in [-0.39, 0.29) is 5.84 Å². The minimum absolute atomic E-state index is 0.283. The average molecular weight is 217 g/mol. The van der Waals surface area contributed by atoms with Crippen LogP contribution in [-0.2, 0) is 4.84 Å². The summed E-state index contributed by atoms with van der Waals surface area (Å²) in [5.74, 6) is 0.283. The van der Waals surface area contributed by atoms with Crippen molar-refractivity contribution in [3.63, 3.8) is 0 Å². The van der Waals surface area contributed by atoms with E-state index in [1.54, 1.807) is 0 Å². The Labute approximate surface area is 95.1 Å². The van der Waals surface area contributed by atoms with E-state index < -0.39 is 0 Å². The summed E-state index contributed by atoms with van der Waals surface area (Å²) in [6, 6.07) is 7.75. The Morgan fingerprint density at radius 2 is 2.12 bits per heavy atom. The number of oxime groups is 1. The molecule has 0 spiro atoms. The van der Waals surface area contributed by atoms with Crippen LogP contribution in [0.2, 0.25) is 0 Å². The molecule has 4 nitrogen and oxygen atoms in total. The van der Waals surface area contributed by atoms with Gasteiger partial charge >= 0.3 is 0 Å². The van der Waals surface area contributed by atoms with Crippen molar-refractivity contribution in [1.82, 2.24) is 0 Å². The Bertz CT molecular complexity index is 436. The van der Waals surface area contributed by atoms with E-state index >= 15 is 0 Å². The van der Waals surface area contributed by atoms with Crippen molar-refractivity contribution in [2.24, 2.45) is 15.9 Å². The number of aliphatic imine (C=N–C) groups is 1. The lowest BCUT2D eigenvalue weighted by atomic mass is 10.0. The summed E-state index contributed by atoms with van der Waals surface area (Å²) in [4.78, 5) is 8.68. The molecular weight excluding hydrogens is 202 g/mol. The summed E-state index contributed by atoms with van der Waals surface area (Å²) in [6.45, 7) is 5.47. The molecule has 0 fully saturated rings. The third-order valence-corrected chi connectivity index (χ3v) is 2.06. The molecule has 0 atom stereocenters. The maximum absolute atomic E-state index is 5.78. The maximum atomic E-state index is 5.78. The Balaban J connectivity index is 3.24. The quantitative estimate of drug-likeness (QED) is 0.475. The van der Waals surface area contributed by atoms with E-state index in [1.165, 1.54) is 13.3 Å². The van der Waals surface area contributed by atoms with Gasteiger partial charge in [-0.1, -0.05) is 36.0 Å². The molecule has 0 bridgehead atoms. The van der Waals surface area contributed by atoms with Gasteiger partial charge in [0.05, 0.1) is 0 Å². The van der Waals surface area contributed by atoms with Crippen LogP contribution in [0, 0.1) is 6.92 Å². The van der Waals surface area contributed by atoms with E-state index in [0.717, 1.165) is 11.1 Å². The number of hydrogen-bond donors (Lipinski definition) is 1. The van der Waals surface area contributed by atoms with Crippen molar-refractivity contribution >= 4 is 11.5 Å². The Morgan fingerprint density at radius 3 is 2.69 bits per heavy atom. The first-order valence-corrected chi connectivity index (χ1v) is 4.82. The highest BCUT2D eigenvalue weighted by molar-refractivity contribution is 6.47. The van der Waals surface area contributed by atoms with Crippen molar-refractivity contribution < 1.29 is 4.84 Å². The van der Waals surface area contributed by atoms with Crippen molar-refractivity contribution in [3.8, 4) is 0 Å². The molecule has 0 aliphatic rings. The molecule has 0 unspecified atom stereocenters. The molecule has 0 radical (unpaired) electrons. The lowest BCUT2D eigenvalue weighted by Crippen LogP contribution is -2.25. The number of benzene rings is 1. The number of hydrogen-bond acceptors (Lipinski definition) is 3. The van der Waals surface area contributed by atoms with Gasteiger partial charge in [-0.2, -0.15) is 0 Å². The Kier molecular flexibility index (Phi) is 4.27. The van der Waals surface area contributed by atoms with Gasteiger partial charge in [0.15, 0.2) is 11.5 Å². The fourth-order valence-corrected chi connectivity index (χ4v) is 1.32. The van der Waals surface area contributed by atoms with Crippen LogP contribution in [0.4, 0.5) is 0 Å². The summed E-state index contributed by atoms with van der Waals surface area (Å²) < 4.78 is 0. The maximum Gasteiger partial charge on any atom is 0.153 e. The van der Waals surface area contributed by atoms with E-state index in [4.69, 9.17) is 10.6 Å². The molecule has 0 aliphatic carbocycles. The van der Waals surface area contributed by atoms with Crippen LogP contribution in [-0.4, -0.2) is 18.7 Å². The zero-order valence-corrected chi connectivity index (χ0v) is 9.47. The molecule has 4 heteroatoms. The van der Waals surface area contributed by atoms with E-state index in [0.29, 0.717) is 5.71 Å². The second-order valence-corrected chi connectivity index (χ2v) is 3.13. The van der Waals surface area contributed by atoms with Crippen LogP contribution in [0.3, 0.4) is 0 Å². The zero-order valence-electron chi connectivity index (χ0n) is 9.47. The first-order chi connectivity index (χ1) is 7.70. The molecule has 0 amide bonds. The second-order valence-electron chi connectivity index (χ2n) is 3.13. The van der Waals surface area contributed by atoms with Crippen LogP contribution in [0.1, 0.15) is 11.1 Å². The van der Waals surface area contributed by atoms with Gasteiger partial charge in [0.25, 0.3) is 0 Å². The molecule has 2 N–H and O–H groups in total. The highest BCUT2D eigenvalue weighted by Gasteiger charge is 2.11.